The monoisotopic (exact) mass is 259 g/mol. The highest BCUT2D eigenvalue weighted by Gasteiger charge is 2.29. The average Bonchev–Trinajstić information content (AvgIpc) is 3.08. The average molecular weight is 259 g/mol. The summed E-state index contributed by atoms with van der Waals surface area (Å²) in [5.41, 5.74) is 6.76. The second-order valence-electron chi connectivity index (χ2n) is 4.77. The number of aromatic nitrogens is 2. The van der Waals surface area contributed by atoms with E-state index < -0.39 is 0 Å². The van der Waals surface area contributed by atoms with Crippen molar-refractivity contribution in [3.8, 4) is 0 Å². The van der Waals surface area contributed by atoms with E-state index in [1.165, 1.54) is 5.56 Å². The van der Waals surface area contributed by atoms with Crippen molar-refractivity contribution in [3.63, 3.8) is 0 Å². The summed E-state index contributed by atoms with van der Waals surface area (Å²) in [4.78, 5) is 4.41. The van der Waals surface area contributed by atoms with E-state index in [1.807, 2.05) is 30.3 Å². The zero-order chi connectivity index (χ0) is 13.1. The molecule has 2 heterocycles. The van der Waals surface area contributed by atoms with Crippen LogP contribution < -0.4 is 5.73 Å². The molecule has 0 amide bonds. The summed E-state index contributed by atoms with van der Waals surface area (Å²) in [5.74, 6) is 1.27. The first-order valence-electron chi connectivity index (χ1n) is 6.57. The van der Waals surface area contributed by atoms with Crippen LogP contribution in [0.25, 0.3) is 0 Å². The minimum Gasteiger partial charge on any atom is -0.364 e. The summed E-state index contributed by atoms with van der Waals surface area (Å²) in [7, 11) is 0. The van der Waals surface area contributed by atoms with Crippen molar-refractivity contribution in [2.45, 2.75) is 31.5 Å². The third kappa shape index (κ3) is 2.83. The summed E-state index contributed by atoms with van der Waals surface area (Å²) in [5, 5.41) is 4.01. The molecule has 1 aromatic carbocycles. The number of hydrogen-bond donors (Lipinski definition) is 1. The van der Waals surface area contributed by atoms with Gasteiger partial charge in [0.25, 0.3) is 5.89 Å². The Morgan fingerprint density at radius 3 is 2.79 bits per heavy atom. The molecule has 2 aromatic rings. The molecule has 1 aliphatic heterocycles. The van der Waals surface area contributed by atoms with Gasteiger partial charge in [-0.2, -0.15) is 4.98 Å². The van der Waals surface area contributed by atoms with Crippen LogP contribution in [0.4, 0.5) is 0 Å². The van der Waals surface area contributed by atoms with Crippen molar-refractivity contribution >= 4 is 0 Å². The highest BCUT2D eigenvalue weighted by molar-refractivity contribution is 5.18. The number of rotatable bonds is 4. The summed E-state index contributed by atoms with van der Waals surface area (Å²) < 4.78 is 11.0. The van der Waals surface area contributed by atoms with Gasteiger partial charge in [-0.25, -0.2) is 0 Å². The fourth-order valence-electron chi connectivity index (χ4n) is 2.31. The number of benzene rings is 1. The summed E-state index contributed by atoms with van der Waals surface area (Å²) >= 11 is 0. The molecule has 5 heteroatoms. The second-order valence-corrected chi connectivity index (χ2v) is 4.77. The number of hydrogen-bond acceptors (Lipinski definition) is 5. The lowest BCUT2D eigenvalue weighted by Crippen LogP contribution is -2.18. The Morgan fingerprint density at radius 2 is 2.05 bits per heavy atom. The first kappa shape index (κ1) is 12.3. The second kappa shape index (κ2) is 5.50. The van der Waals surface area contributed by atoms with Crippen molar-refractivity contribution < 1.29 is 9.26 Å². The molecular formula is C14H17N3O2. The van der Waals surface area contributed by atoms with Crippen LogP contribution in [0.1, 0.15) is 36.2 Å². The van der Waals surface area contributed by atoms with Gasteiger partial charge in [0.05, 0.1) is 6.10 Å². The fourth-order valence-corrected chi connectivity index (χ4v) is 2.31. The van der Waals surface area contributed by atoms with E-state index in [2.05, 4.69) is 10.1 Å². The predicted molar refractivity (Wildman–Crippen MR) is 69.4 cm³/mol. The van der Waals surface area contributed by atoms with E-state index >= 15 is 0 Å². The van der Waals surface area contributed by atoms with E-state index in [4.69, 9.17) is 15.0 Å². The standard InChI is InChI=1S/C14H17N3O2/c15-9-11-6-7-12(18-11)14-16-13(17-19-14)8-10-4-2-1-3-5-10/h1-5,11-12H,6-9,15H2. The van der Waals surface area contributed by atoms with Crippen molar-refractivity contribution in [2.75, 3.05) is 6.54 Å². The maximum absolute atomic E-state index is 5.74. The van der Waals surface area contributed by atoms with Crippen LogP contribution in [-0.4, -0.2) is 22.8 Å². The largest absolute Gasteiger partial charge is 0.364 e. The highest BCUT2D eigenvalue weighted by Crippen LogP contribution is 2.31. The fraction of sp³-hybridized carbons (Fsp3) is 0.429. The van der Waals surface area contributed by atoms with Crippen LogP contribution >= 0.6 is 0 Å². The van der Waals surface area contributed by atoms with Crippen molar-refractivity contribution in [3.05, 3.63) is 47.6 Å². The topological polar surface area (TPSA) is 74.2 Å². The van der Waals surface area contributed by atoms with Gasteiger partial charge in [-0.05, 0) is 18.4 Å². The Hall–Kier alpha value is -1.72. The molecule has 5 nitrogen and oxygen atoms in total. The molecule has 2 atom stereocenters. The summed E-state index contributed by atoms with van der Waals surface area (Å²) in [6, 6.07) is 10.1. The molecule has 1 saturated heterocycles. The maximum Gasteiger partial charge on any atom is 0.255 e. The molecular weight excluding hydrogens is 242 g/mol. The van der Waals surface area contributed by atoms with E-state index in [-0.39, 0.29) is 12.2 Å². The molecule has 19 heavy (non-hydrogen) atoms. The van der Waals surface area contributed by atoms with Gasteiger partial charge in [0.1, 0.15) is 6.10 Å². The Kier molecular flexibility index (Phi) is 3.57. The van der Waals surface area contributed by atoms with Crippen LogP contribution in [0.2, 0.25) is 0 Å². The molecule has 0 radical (unpaired) electrons. The molecule has 3 rings (SSSR count). The smallest absolute Gasteiger partial charge is 0.255 e. The molecule has 0 bridgehead atoms. The predicted octanol–water partition coefficient (Wildman–Crippen LogP) is 1.84. The van der Waals surface area contributed by atoms with Crippen LogP contribution in [0.15, 0.2) is 34.9 Å². The Balaban J connectivity index is 1.67. The minimum absolute atomic E-state index is 0.0921. The highest BCUT2D eigenvalue weighted by atomic mass is 16.5. The molecule has 2 unspecified atom stereocenters. The molecule has 0 saturated carbocycles. The zero-order valence-electron chi connectivity index (χ0n) is 10.7. The van der Waals surface area contributed by atoms with Crippen molar-refractivity contribution in [2.24, 2.45) is 5.73 Å². The van der Waals surface area contributed by atoms with Gasteiger partial charge < -0.3 is 15.0 Å². The molecule has 1 aromatic heterocycles. The number of nitrogens with zero attached hydrogens (tertiary/aromatic N) is 2. The van der Waals surface area contributed by atoms with Gasteiger partial charge in [0.15, 0.2) is 5.82 Å². The van der Waals surface area contributed by atoms with E-state index in [0.717, 1.165) is 12.8 Å². The van der Waals surface area contributed by atoms with Crippen LogP contribution in [-0.2, 0) is 11.2 Å². The Labute approximate surface area is 111 Å². The molecule has 1 fully saturated rings. The first-order chi connectivity index (χ1) is 9.35. The molecule has 0 spiro atoms. The number of nitrogens with two attached hydrogens (primary N) is 1. The van der Waals surface area contributed by atoms with Gasteiger partial charge in [0, 0.05) is 13.0 Å². The molecule has 2 N–H and O–H groups in total. The van der Waals surface area contributed by atoms with Gasteiger partial charge in [0.2, 0.25) is 0 Å². The van der Waals surface area contributed by atoms with Crippen LogP contribution in [0.3, 0.4) is 0 Å². The first-order valence-corrected chi connectivity index (χ1v) is 6.57. The van der Waals surface area contributed by atoms with Gasteiger partial charge in [-0.1, -0.05) is 35.5 Å². The van der Waals surface area contributed by atoms with E-state index in [9.17, 15) is 0 Å². The molecule has 0 aliphatic carbocycles. The summed E-state index contributed by atoms with van der Waals surface area (Å²) in [6.45, 7) is 0.543. The molecule has 100 valence electrons. The lowest BCUT2D eigenvalue weighted by Gasteiger charge is -2.07. The van der Waals surface area contributed by atoms with Gasteiger partial charge >= 0.3 is 0 Å². The quantitative estimate of drug-likeness (QED) is 0.906. The normalized spacial score (nSPS) is 22.8. The van der Waals surface area contributed by atoms with Crippen molar-refractivity contribution in [1.82, 2.24) is 10.1 Å². The molecule has 1 aliphatic rings. The van der Waals surface area contributed by atoms with Gasteiger partial charge in [-0.3, -0.25) is 0 Å². The zero-order valence-corrected chi connectivity index (χ0v) is 10.7. The minimum atomic E-state index is -0.0921. The van der Waals surface area contributed by atoms with Crippen molar-refractivity contribution in [1.29, 1.82) is 0 Å². The van der Waals surface area contributed by atoms with Crippen LogP contribution in [0, 0.1) is 0 Å². The maximum atomic E-state index is 5.74. The third-order valence-corrected chi connectivity index (χ3v) is 3.33. The lowest BCUT2D eigenvalue weighted by atomic mass is 10.1. The van der Waals surface area contributed by atoms with E-state index in [1.54, 1.807) is 0 Å². The van der Waals surface area contributed by atoms with Crippen LogP contribution in [0.5, 0.6) is 0 Å². The Bertz CT molecular complexity index is 526. The van der Waals surface area contributed by atoms with E-state index in [0.29, 0.717) is 24.7 Å². The SMILES string of the molecule is NCC1CCC(c2nc(Cc3ccccc3)no2)O1. The van der Waals surface area contributed by atoms with Gasteiger partial charge in [-0.15, -0.1) is 0 Å². The summed E-state index contributed by atoms with van der Waals surface area (Å²) in [6.07, 6.45) is 2.56. The third-order valence-electron chi connectivity index (χ3n) is 3.33. The lowest BCUT2D eigenvalue weighted by molar-refractivity contribution is 0.0307. The Morgan fingerprint density at radius 1 is 1.21 bits per heavy atom. The number of ether oxygens (including phenoxy) is 1.